The smallest absolute Gasteiger partial charge is 0.323 e. The van der Waals surface area contributed by atoms with E-state index in [1.54, 1.807) is 30.1 Å². The lowest BCUT2D eigenvalue weighted by atomic mass is 10.3. The number of aromatic nitrogens is 2. The molecule has 1 rings (SSSR count). The zero-order chi connectivity index (χ0) is 15.1. The summed E-state index contributed by atoms with van der Waals surface area (Å²) in [6, 6.07) is 0.802. The molecule has 4 N–H and O–H groups in total. The molecule has 1 aromatic rings. The number of urea groups is 1. The van der Waals surface area contributed by atoms with E-state index in [0.717, 1.165) is 4.90 Å². The molecule has 9 heteroatoms. The van der Waals surface area contributed by atoms with Crippen LogP contribution in [0.15, 0.2) is 18.5 Å². The fourth-order valence-electron chi connectivity index (χ4n) is 1.59. The van der Waals surface area contributed by atoms with Crippen LogP contribution in [0, 0.1) is 0 Å². The van der Waals surface area contributed by atoms with E-state index in [1.807, 2.05) is 0 Å². The van der Waals surface area contributed by atoms with Crippen molar-refractivity contribution in [2.75, 3.05) is 13.1 Å². The Morgan fingerprint density at radius 1 is 1.45 bits per heavy atom. The monoisotopic (exact) mass is 283 g/mol. The molecular weight excluding hydrogens is 266 g/mol. The van der Waals surface area contributed by atoms with Crippen molar-refractivity contribution in [2.24, 2.45) is 5.73 Å². The van der Waals surface area contributed by atoms with Crippen molar-refractivity contribution in [1.82, 2.24) is 20.0 Å². The summed E-state index contributed by atoms with van der Waals surface area (Å²) in [5.41, 5.74) is 4.98. The number of hydrogen-bond donors (Lipinski definition) is 3. The molecule has 0 fully saturated rings. The maximum absolute atomic E-state index is 11.9. The number of carbonyl (C=O) groups excluding carboxylic acids is 2. The van der Waals surface area contributed by atoms with Gasteiger partial charge < -0.3 is 21.1 Å². The van der Waals surface area contributed by atoms with Crippen LogP contribution < -0.4 is 11.1 Å². The van der Waals surface area contributed by atoms with E-state index in [4.69, 9.17) is 10.8 Å². The number of nitrogens with two attached hydrogens (primary N) is 1. The topological polar surface area (TPSA) is 131 Å². The van der Waals surface area contributed by atoms with Crippen molar-refractivity contribution in [3.8, 4) is 0 Å². The van der Waals surface area contributed by atoms with Gasteiger partial charge in [0.1, 0.15) is 13.1 Å². The lowest BCUT2D eigenvalue weighted by molar-refractivity contribution is -0.137. The summed E-state index contributed by atoms with van der Waals surface area (Å²) >= 11 is 0. The van der Waals surface area contributed by atoms with Gasteiger partial charge in [-0.3, -0.25) is 14.3 Å². The van der Waals surface area contributed by atoms with Crippen molar-refractivity contribution >= 4 is 17.9 Å². The Hall–Kier alpha value is -2.58. The number of nitrogens with zero attached hydrogens (tertiary/aromatic N) is 3. The normalized spacial score (nSPS) is 11.7. The number of amides is 3. The van der Waals surface area contributed by atoms with Crippen LogP contribution in [0.25, 0.3) is 0 Å². The third-order valence-corrected chi connectivity index (χ3v) is 2.35. The first kappa shape index (κ1) is 15.5. The Bertz CT molecular complexity index is 457. The molecule has 0 saturated heterocycles. The average molecular weight is 283 g/mol. The van der Waals surface area contributed by atoms with Gasteiger partial charge in [0, 0.05) is 18.4 Å². The first-order valence-electron chi connectivity index (χ1n) is 5.91. The number of hydrogen-bond acceptors (Lipinski definition) is 4. The van der Waals surface area contributed by atoms with Gasteiger partial charge >= 0.3 is 12.0 Å². The van der Waals surface area contributed by atoms with E-state index < -0.39 is 31.0 Å². The van der Waals surface area contributed by atoms with Crippen molar-refractivity contribution in [3.63, 3.8) is 0 Å². The van der Waals surface area contributed by atoms with E-state index >= 15 is 0 Å². The summed E-state index contributed by atoms with van der Waals surface area (Å²) < 4.78 is 1.63. The summed E-state index contributed by atoms with van der Waals surface area (Å²) in [5, 5.41) is 15.3. The summed E-state index contributed by atoms with van der Waals surface area (Å²) in [6.07, 6.45) is 3.35. The van der Waals surface area contributed by atoms with Gasteiger partial charge in [-0.05, 0) is 13.0 Å². The Morgan fingerprint density at radius 3 is 2.65 bits per heavy atom. The number of carbonyl (C=O) groups is 3. The lowest BCUT2D eigenvalue weighted by Crippen LogP contribution is -2.49. The molecule has 110 valence electrons. The second-order valence-corrected chi connectivity index (χ2v) is 4.29. The molecular formula is C11H17N5O4. The fourth-order valence-corrected chi connectivity index (χ4v) is 1.59. The standard InChI is InChI=1S/C11H17N5O4/c1-8(5-16-4-2-3-13-16)14-11(20)15(6-9(12)17)7-10(18)19/h2-4,8H,5-7H2,1H3,(H2,12,17)(H,14,20)(H,18,19). The Morgan fingerprint density at radius 2 is 2.15 bits per heavy atom. The van der Waals surface area contributed by atoms with Crippen molar-refractivity contribution in [2.45, 2.75) is 19.5 Å². The first-order chi connectivity index (χ1) is 9.38. The van der Waals surface area contributed by atoms with E-state index in [1.165, 1.54) is 0 Å². The van der Waals surface area contributed by atoms with Gasteiger partial charge in [-0.1, -0.05) is 0 Å². The van der Waals surface area contributed by atoms with Crippen LogP contribution in [0.4, 0.5) is 4.79 Å². The highest BCUT2D eigenvalue weighted by Gasteiger charge is 2.20. The molecule has 1 aromatic heterocycles. The van der Waals surface area contributed by atoms with Gasteiger partial charge in [-0.15, -0.1) is 0 Å². The average Bonchev–Trinajstić information content (AvgIpc) is 2.79. The molecule has 0 saturated carbocycles. The molecule has 1 unspecified atom stereocenters. The molecule has 0 aliphatic rings. The van der Waals surface area contributed by atoms with Gasteiger partial charge in [0.05, 0.1) is 6.54 Å². The summed E-state index contributed by atoms with van der Waals surface area (Å²) in [7, 11) is 0. The molecule has 0 aliphatic heterocycles. The van der Waals surface area contributed by atoms with Crippen LogP contribution in [-0.2, 0) is 16.1 Å². The van der Waals surface area contributed by atoms with Crippen LogP contribution in [0.2, 0.25) is 0 Å². The SMILES string of the molecule is CC(Cn1cccn1)NC(=O)N(CC(N)=O)CC(=O)O. The Balaban J connectivity index is 2.55. The molecule has 0 radical (unpaired) electrons. The van der Waals surface area contributed by atoms with E-state index in [0.29, 0.717) is 6.54 Å². The predicted molar refractivity (Wildman–Crippen MR) is 68.6 cm³/mol. The lowest BCUT2D eigenvalue weighted by Gasteiger charge is -2.22. The zero-order valence-electron chi connectivity index (χ0n) is 11.0. The summed E-state index contributed by atoms with van der Waals surface area (Å²) in [6.45, 7) is 1.12. The van der Waals surface area contributed by atoms with Crippen molar-refractivity contribution < 1.29 is 19.5 Å². The Labute approximate surface area is 115 Å². The minimum Gasteiger partial charge on any atom is -0.480 e. The van der Waals surface area contributed by atoms with Crippen LogP contribution in [0.1, 0.15) is 6.92 Å². The molecule has 3 amide bonds. The first-order valence-corrected chi connectivity index (χ1v) is 5.91. The van der Waals surface area contributed by atoms with Crippen LogP contribution in [0.3, 0.4) is 0 Å². The van der Waals surface area contributed by atoms with Gasteiger partial charge in [0.2, 0.25) is 5.91 Å². The van der Waals surface area contributed by atoms with Gasteiger partial charge in [0.15, 0.2) is 0 Å². The van der Waals surface area contributed by atoms with Gasteiger partial charge in [0.25, 0.3) is 0 Å². The molecule has 0 aromatic carbocycles. The number of carboxylic acid groups (broad SMARTS) is 1. The van der Waals surface area contributed by atoms with E-state index in [9.17, 15) is 14.4 Å². The highest BCUT2D eigenvalue weighted by Crippen LogP contribution is 1.95. The van der Waals surface area contributed by atoms with Crippen LogP contribution in [-0.4, -0.2) is 56.8 Å². The molecule has 0 aliphatic carbocycles. The number of primary amides is 1. The van der Waals surface area contributed by atoms with E-state index in [2.05, 4.69) is 10.4 Å². The van der Waals surface area contributed by atoms with Crippen molar-refractivity contribution in [3.05, 3.63) is 18.5 Å². The predicted octanol–water partition coefficient (Wildman–Crippen LogP) is -1.15. The fraction of sp³-hybridized carbons (Fsp3) is 0.455. The largest absolute Gasteiger partial charge is 0.480 e. The number of rotatable bonds is 7. The molecule has 1 heterocycles. The second-order valence-electron chi connectivity index (χ2n) is 4.29. The minimum atomic E-state index is -1.22. The third kappa shape index (κ3) is 5.38. The maximum atomic E-state index is 11.9. The highest BCUT2D eigenvalue weighted by molar-refractivity contribution is 5.86. The Kier molecular flexibility index (Phi) is 5.51. The van der Waals surface area contributed by atoms with E-state index in [-0.39, 0.29) is 6.04 Å². The molecule has 0 spiro atoms. The van der Waals surface area contributed by atoms with Crippen LogP contribution in [0.5, 0.6) is 0 Å². The van der Waals surface area contributed by atoms with Gasteiger partial charge in [-0.25, -0.2) is 4.79 Å². The highest BCUT2D eigenvalue weighted by atomic mass is 16.4. The molecule has 20 heavy (non-hydrogen) atoms. The summed E-state index contributed by atoms with van der Waals surface area (Å²) in [4.78, 5) is 34.2. The quantitative estimate of drug-likeness (QED) is 0.581. The third-order valence-electron chi connectivity index (χ3n) is 2.35. The molecule has 0 bridgehead atoms. The maximum Gasteiger partial charge on any atom is 0.323 e. The number of nitrogens with one attached hydrogen (secondary N) is 1. The minimum absolute atomic E-state index is 0.286. The van der Waals surface area contributed by atoms with Gasteiger partial charge in [-0.2, -0.15) is 5.10 Å². The van der Waals surface area contributed by atoms with Crippen LogP contribution >= 0.6 is 0 Å². The second kappa shape index (κ2) is 7.12. The van der Waals surface area contributed by atoms with Crippen molar-refractivity contribution in [1.29, 1.82) is 0 Å². The summed E-state index contributed by atoms with van der Waals surface area (Å²) in [5.74, 6) is -2.00. The molecule has 9 nitrogen and oxygen atoms in total. The zero-order valence-corrected chi connectivity index (χ0v) is 11.0. The number of carboxylic acids is 1. The molecule has 1 atom stereocenters. The number of aliphatic carboxylic acids is 1.